The third-order valence-corrected chi connectivity index (χ3v) is 3.51. The molecule has 0 saturated heterocycles. The Kier molecular flexibility index (Phi) is 2.88. The van der Waals surface area contributed by atoms with Crippen LogP contribution in [0.15, 0.2) is 24.3 Å². The first-order chi connectivity index (χ1) is 8.72. The van der Waals surface area contributed by atoms with Crippen LogP contribution < -0.4 is 5.32 Å². The molecule has 1 aliphatic rings. The molecule has 3 rings (SSSR count). The molecule has 2 N–H and O–H groups in total. The number of fused-ring (bicyclic) bond motifs is 1. The summed E-state index contributed by atoms with van der Waals surface area (Å²) in [5, 5.41) is 12.6. The summed E-state index contributed by atoms with van der Waals surface area (Å²) in [6, 6.07) is 7.89. The van der Waals surface area contributed by atoms with Crippen molar-refractivity contribution in [2.45, 2.75) is 25.9 Å². The fourth-order valence-corrected chi connectivity index (χ4v) is 2.36. The molecule has 4 heteroatoms. The molecule has 0 amide bonds. The quantitative estimate of drug-likeness (QED) is 0.867. The van der Waals surface area contributed by atoms with Crippen LogP contribution in [-0.4, -0.2) is 27.7 Å². The maximum Gasteiger partial charge on any atom is 0.148 e. The number of anilines is 1. The molecule has 0 radical (unpaired) electrons. The summed E-state index contributed by atoms with van der Waals surface area (Å²) in [5.74, 6) is 1.42. The predicted molar refractivity (Wildman–Crippen MR) is 71.5 cm³/mol. The third-order valence-electron chi connectivity index (χ3n) is 3.51. The number of aromatic nitrogens is 2. The summed E-state index contributed by atoms with van der Waals surface area (Å²) in [5.41, 5.74) is 2.77. The second-order valence-electron chi connectivity index (χ2n) is 5.02. The topological polar surface area (TPSA) is 58.0 Å². The predicted octanol–water partition coefficient (Wildman–Crippen LogP) is 2.12. The molecule has 1 saturated carbocycles. The second kappa shape index (κ2) is 4.53. The lowest BCUT2D eigenvalue weighted by Crippen LogP contribution is -2.33. The third kappa shape index (κ3) is 2.16. The summed E-state index contributed by atoms with van der Waals surface area (Å²) in [6.45, 7) is 2.84. The first kappa shape index (κ1) is 11.4. The Bertz CT molecular complexity index is 564. The summed E-state index contributed by atoms with van der Waals surface area (Å²) in [4.78, 5) is 9.13. The van der Waals surface area contributed by atoms with Crippen LogP contribution in [0.2, 0.25) is 0 Å². The van der Waals surface area contributed by atoms with Crippen LogP contribution in [0.5, 0.6) is 0 Å². The van der Waals surface area contributed by atoms with Crippen LogP contribution in [0.4, 0.5) is 5.82 Å². The summed E-state index contributed by atoms with van der Waals surface area (Å²) in [7, 11) is 0. The van der Waals surface area contributed by atoms with E-state index in [2.05, 4.69) is 15.3 Å². The number of benzene rings is 1. The van der Waals surface area contributed by atoms with Crippen LogP contribution in [0.1, 0.15) is 18.5 Å². The molecule has 0 spiro atoms. The van der Waals surface area contributed by atoms with E-state index >= 15 is 0 Å². The average Bonchev–Trinajstić information content (AvgIpc) is 2.33. The molecule has 0 unspecified atom stereocenters. The van der Waals surface area contributed by atoms with Gasteiger partial charge < -0.3 is 10.4 Å². The number of aryl methyl sites for hydroxylation is 1. The average molecular weight is 243 g/mol. The number of nitrogens with one attached hydrogen (secondary N) is 1. The first-order valence-electron chi connectivity index (χ1n) is 6.37. The van der Waals surface area contributed by atoms with Gasteiger partial charge >= 0.3 is 0 Å². The Morgan fingerprint density at radius 1 is 1.22 bits per heavy atom. The zero-order chi connectivity index (χ0) is 12.5. The van der Waals surface area contributed by atoms with Crippen LogP contribution in [0.3, 0.4) is 0 Å². The van der Waals surface area contributed by atoms with E-state index in [1.807, 2.05) is 31.2 Å². The molecule has 1 aromatic carbocycles. The highest BCUT2D eigenvalue weighted by Gasteiger charge is 2.26. The highest BCUT2D eigenvalue weighted by Crippen LogP contribution is 2.27. The minimum Gasteiger partial charge on any atom is -0.393 e. The van der Waals surface area contributed by atoms with Crippen LogP contribution in [0.25, 0.3) is 11.0 Å². The van der Waals surface area contributed by atoms with Gasteiger partial charge in [-0.15, -0.1) is 0 Å². The second-order valence-corrected chi connectivity index (χ2v) is 5.02. The summed E-state index contributed by atoms with van der Waals surface area (Å²) in [6.07, 6.45) is 1.70. The monoisotopic (exact) mass is 243 g/mol. The molecule has 1 aliphatic carbocycles. The van der Waals surface area contributed by atoms with Crippen molar-refractivity contribution < 1.29 is 5.11 Å². The molecule has 2 aromatic rings. The molecule has 1 fully saturated rings. The summed E-state index contributed by atoms with van der Waals surface area (Å²) < 4.78 is 0. The van der Waals surface area contributed by atoms with E-state index in [-0.39, 0.29) is 6.10 Å². The zero-order valence-corrected chi connectivity index (χ0v) is 10.4. The number of hydrogen-bond donors (Lipinski definition) is 2. The van der Waals surface area contributed by atoms with E-state index < -0.39 is 0 Å². The highest BCUT2D eigenvalue weighted by atomic mass is 16.3. The Morgan fingerprint density at radius 3 is 2.56 bits per heavy atom. The van der Waals surface area contributed by atoms with E-state index in [1.165, 1.54) is 0 Å². The minimum absolute atomic E-state index is 0.0967. The Balaban J connectivity index is 1.76. The normalized spacial score (nSPS) is 22.8. The lowest BCUT2D eigenvalue weighted by atomic mass is 9.82. The van der Waals surface area contributed by atoms with Crippen molar-refractivity contribution in [1.82, 2.24) is 9.97 Å². The summed E-state index contributed by atoms with van der Waals surface area (Å²) >= 11 is 0. The van der Waals surface area contributed by atoms with Crippen LogP contribution in [-0.2, 0) is 0 Å². The van der Waals surface area contributed by atoms with E-state index in [0.29, 0.717) is 5.92 Å². The number of aliphatic hydroxyl groups excluding tert-OH is 1. The van der Waals surface area contributed by atoms with E-state index in [0.717, 1.165) is 41.9 Å². The first-order valence-corrected chi connectivity index (χ1v) is 6.37. The van der Waals surface area contributed by atoms with E-state index in [4.69, 9.17) is 0 Å². The Labute approximate surface area is 106 Å². The van der Waals surface area contributed by atoms with Crippen molar-refractivity contribution in [3.63, 3.8) is 0 Å². The minimum atomic E-state index is -0.0967. The number of rotatable bonds is 3. The van der Waals surface area contributed by atoms with Gasteiger partial charge in [0, 0.05) is 6.54 Å². The number of aliphatic hydroxyl groups is 1. The van der Waals surface area contributed by atoms with Crippen molar-refractivity contribution >= 4 is 16.9 Å². The molecule has 94 valence electrons. The van der Waals surface area contributed by atoms with Gasteiger partial charge in [-0.3, -0.25) is 0 Å². The number of nitrogens with zero attached hydrogens (tertiary/aromatic N) is 2. The molecule has 0 bridgehead atoms. The number of para-hydroxylation sites is 2. The Hall–Kier alpha value is -1.68. The molecular weight excluding hydrogens is 226 g/mol. The van der Waals surface area contributed by atoms with Gasteiger partial charge in [-0.05, 0) is 37.8 Å². The molecule has 18 heavy (non-hydrogen) atoms. The molecule has 0 aliphatic heterocycles. The molecular formula is C14H17N3O. The maximum atomic E-state index is 9.26. The van der Waals surface area contributed by atoms with Gasteiger partial charge in [-0.25, -0.2) is 9.97 Å². The van der Waals surface area contributed by atoms with Gasteiger partial charge in [0.15, 0.2) is 0 Å². The number of hydrogen-bond acceptors (Lipinski definition) is 4. The molecule has 0 atom stereocenters. The largest absolute Gasteiger partial charge is 0.393 e. The van der Waals surface area contributed by atoms with Crippen molar-refractivity contribution in [2.24, 2.45) is 5.92 Å². The van der Waals surface area contributed by atoms with Crippen molar-refractivity contribution in [3.05, 3.63) is 30.0 Å². The zero-order valence-electron chi connectivity index (χ0n) is 10.4. The van der Waals surface area contributed by atoms with Crippen molar-refractivity contribution in [3.8, 4) is 0 Å². The lowest BCUT2D eigenvalue weighted by molar-refractivity contribution is 0.0486. The van der Waals surface area contributed by atoms with Crippen molar-refractivity contribution in [2.75, 3.05) is 11.9 Å². The maximum absolute atomic E-state index is 9.26. The smallest absolute Gasteiger partial charge is 0.148 e. The Morgan fingerprint density at radius 2 is 1.89 bits per heavy atom. The fraction of sp³-hybridized carbons (Fsp3) is 0.429. The van der Waals surface area contributed by atoms with Crippen LogP contribution in [0, 0.1) is 12.8 Å². The van der Waals surface area contributed by atoms with Gasteiger partial charge in [0.05, 0.1) is 22.8 Å². The molecule has 1 heterocycles. The van der Waals surface area contributed by atoms with Crippen molar-refractivity contribution in [1.29, 1.82) is 0 Å². The van der Waals surface area contributed by atoms with E-state index in [1.54, 1.807) is 0 Å². The van der Waals surface area contributed by atoms with Crippen LogP contribution >= 0.6 is 0 Å². The van der Waals surface area contributed by atoms with Gasteiger partial charge in [0.2, 0.25) is 0 Å². The van der Waals surface area contributed by atoms with Gasteiger partial charge in [0.1, 0.15) is 5.82 Å². The standard InChI is InChI=1S/C14H17N3O/c1-9-14(15-8-10-6-11(18)7-10)17-13-5-3-2-4-12(13)16-9/h2-5,10-11,18H,6-8H2,1H3,(H,15,17). The van der Waals surface area contributed by atoms with E-state index in [9.17, 15) is 5.11 Å². The molecule has 1 aromatic heterocycles. The lowest BCUT2D eigenvalue weighted by Gasteiger charge is -2.31. The van der Waals surface area contributed by atoms with Gasteiger partial charge in [0.25, 0.3) is 0 Å². The SMILES string of the molecule is Cc1nc2ccccc2nc1NCC1CC(O)C1. The highest BCUT2D eigenvalue weighted by molar-refractivity contribution is 5.76. The van der Waals surface area contributed by atoms with Gasteiger partial charge in [-0.1, -0.05) is 12.1 Å². The fourth-order valence-electron chi connectivity index (χ4n) is 2.36. The van der Waals surface area contributed by atoms with Gasteiger partial charge in [-0.2, -0.15) is 0 Å². The molecule has 4 nitrogen and oxygen atoms in total.